The minimum atomic E-state index is 0. The smallest absolute Gasteiger partial charge is 0.191 e. The summed E-state index contributed by atoms with van der Waals surface area (Å²) >= 11 is 6.16. The number of aromatic nitrogens is 2. The average molecular weight is 502 g/mol. The molecule has 1 aliphatic carbocycles. The van der Waals surface area contributed by atoms with E-state index in [2.05, 4.69) is 46.8 Å². The van der Waals surface area contributed by atoms with E-state index < -0.39 is 0 Å². The van der Waals surface area contributed by atoms with E-state index in [4.69, 9.17) is 16.6 Å². The van der Waals surface area contributed by atoms with Crippen LogP contribution in [-0.4, -0.2) is 35.8 Å². The fraction of sp³-hybridized carbons (Fsp3) is 0.500. The van der Waals surface area contributed by atoms with Gasteiger partial charge in [-0.3, -0.25) is 10.1 Å². The molecule has 1 saturated carbocycles. The number of guanidine groups is 1. The van der Waals surface area contributed by atoms with E-state index in [1.54, 1.807) is 0 Å². The minimum Gasteiger partial charge on any atom is -0.357 e. The number of nitrogens with one attached hydrogen (secondary N) is 3. The number of rotatable bonds is 8. The Balaban J connectivity index is 0.00000261. The summed E-state index contributed by atoms with van der Waals surface area (Å²) in [4.78, 5) is 4.84. The van der Waals surface area contributed by atoms with Crippen molar-refractivity contribution >= 4 is 41.5 Å². The van der Waals surface area contributed by atoms with E-state index in [9.17, 15) is 0 Å². The summed E-state index contributed by atoms with van der Waals surface area (Å²) in [6, 6.07) is 8.21. The molecule has 0 amide bonds. The van der Waals surface area contributed by atoms with E-state index in [-0.39, 0.29) is 29.4 Å². The van der Waals surface area contributed by atoms with Crippen molar-refractivity contribution < 1.29 is 0 Å². The molecule has 1 aromatic carbocycles. The molecular weight excluding hydrogens is 473 g/mol. The summed E-state index contributed by atoms with van der Waals surface area (Å²) in [5.74, 6) is 0.893. The van der Waals surface area contributed by atoms with Crippen molar-refractivity contribution in [3.05, 3.63) is 52.3 Å². The highest BCUT2D eigenvalue weighted by Crippen LogP contribution is 2.48. The molecule has 1 heterocycles. The van der Waals surface area contributed by atoms with Crippen LogP contribution in [-0.2, 0) is 11.8 Å². The highest BCUT2D eigenvalue weighted by atomic mass is 127. The van der Waals surface area contributed by atoms with Crippen LogP contribution in [0, 0.1) is 6.92 Å². The summed E-state index contributed by atoms with van der Waals surface area (Å²) in [5, 5.41) is 14.7. The molecule has 0 saturated heterocycles. The van der Waals surface area contributed by atoms with E-state index in [1.807, 2.05) is 18.3 Å². The summed E-state index contributed by atoms with van der Waals surface area (Å²) in [6.07, 6.45) is 6.33. The molecule has 2 aromatic rings. The lowest BCUT2D eigenvalue weighted by molar-refractivity contribution is 0.686. The molecule has 27 heavy (non-hydrogen) atoms. The number of nitrogens with zero attached hydrogens (tertiary/aromatic N) is 2. The largest absolute Gasteiger partial charge is 0.357 e. The van der Waals surface area contributed by atoms with Gasteiger partial charge in [-0.25, -0.2) is 0 Å². The zero-order chi connectivity index (χ0) is 18.4. The second-order valence-electron chi connectivity index (χ2n) is 7.04. The Labute approximate surface area is 183 Å². The predicted octanol–water partition coefficient (Wildman–Crippen LogP) is 4.21. The molecular formula is C20H29ClIN5. The van der Waals surface area contributed by atoms with Crippen LogP contribution in [0.25, 0.3) is 0 Å². The van der Waals surface area contributed by atoms with Crippen molar-refractivity contribution in [2.45, 2.75) is 44.9 Å². The molecule has 0 atom stereocenters. The quantitative estimate of drug-likeness (QED) is 0.220. The number of benzene rings is 1. The second kappa shape index (κ2) is 10.3. The summed E-state index contributed by atoms with van der Waals surface area (Å²) in [7, 11) is 0. The van der Waals surface area contributed by atoms with Crippen molar-refractivity contribution in [1.82, 2.24) is 20.8 Å². The minimum absolute atomic E-state index is 0. The lowest BCUT2D eigenvalue weighted by atomic mass is 9.96. The van der Waals surface area contributed by atoms with Gasteiger partial charge in [-0.05, 0) is 62.8 Å². The topological polar surface area (TPSA) is 65.1 Å². The molecule has 1 aromatic heterocycles. The van der Waals surface area contributed by atoms with Crippen LogP contribution in [0.4, 0.5) is 0 Å². The molecule has 0 spiro atoms. The first-order chi connectivity index (χ1) is 12.6. The Morgan fingerprint density at radius 2 is 2.15 bits per heavy atom. The van der Waals surface area contributed by atoms with Crippen LogP contribution >= 0.6 is 35.6 Å². The number of hydrogen-bond acceptors (Lipinski definition) is 2. The third-order valence-corrected chi connectivity index (χ3v) is 5.26. The SMILES string of the molecule is CCNC(=NCC1(c2cccc(Cl)c2)CC1)NCCCc1cn[nH]c1C.I. The van der Waals surface area contributed by atoms with Gasteiger partial charge in [0.05, 0.1) is 12.7 Å². The first-order valence-corrected chi connectivity index (χ1v) is 9.78. The zero-order valence-corrected chi connectivity index (χ0v) is 19.1. The number of hydrogen-bond donors (Lipinski definition) is 3. The van der Waals surface area contributed by atoms with Crippen LogP contribution in [0.3, 0.4) is 0 Å². The average Bonchev–Trinajstić information content (AvgIpc) is 3.32. The van der Waals surface area contributed by atoms with Gasteiger partial charge in [0.1, 0.15) is 0 Å². The fourth-order valence-corrected chi connectivity index (χ4v) is 3.38. The van der Waals surface area contributed by atoms with E-state index in [0.29, 0.717) is 0 Å². The normalized spacial score (nSPS) is 15.1. The number of aryl methyl sites for hydroxylation is 2. The van der Waals surface area contributed by atoms with Crippen LogP contribution < -0.4 is 10.6 Å². The highest BCUT2D eigenvalue weighted by Gasteiger charge is 2.44. The molecule has 1 fully saturated rings. The Morgan fingerprint density at radius 3 is 2.78 bits per heavy atom. The lowest BCUT2D eigenvalue weighted by Crippen LogP contribution is -2.38. The number of aromatic amines is 1. The van der Waals surface area contributed by atoms with Crippen molar-refractivity contribution in [1.29, 1.82) is 0 Å². The first kappa shape index (κ1) is 22.0. The summed E-state index contributed by atoms with van der Waals surface area (Å²) in [5.41, 5.74) is 3.91. The summed E-state index contributed by atoms with van der Waals surface area (Å²) in [6.45, 7) is 6.70. The molecule has 0 bridgehead atoms. The standard InChI is InChI=1S/C20H28ClN5.HI/c1-3-22-19(23-11-5-6-16-13-25-26-15(16)2)24-14-20(9-10-20)17-7-4-8-18(21)12-17;/h4,7-8,12-13H,3,5-6,9-11,14H2,1-2H3,(H,25,26)(H2,22,23,24);1H. The molecule has 3 rings (SSSR count). The van der Waals surface area contributed by atoms with Crippen LogP contribution in [0.15, 0.2) is 35.5 Å². The molecule has 0 unspecified atom stereocenters. The number of aliphatic imine (C=N–C) groups is 1. The maximum atomic E-state index is 6.16. The van der Waals surface area contributed by atoms with Crippen molar-refractivity contribution in [3.63, 3.8) is 0 Å². The van der Waals surface area contributed by atoms with Gasteiger partial charge in [0.15, 0.2) is 5.96 Å². The fourth-order valence-electron chi connectivity index (χ4n) is 3.19. The second-order valence-corrected chi connectivity index (χ2v) is 7.47. The van der Waals surface area contributed by atoms with Crippen LogP contribution in [0.1, 0.15) is 43.0 Å². The van der Waals surface area contributed by atoms with Gasteiger partial charge in [-0.2, -0.15) is 5.10 Å². The summed E-state index contributed by atoms with van der Waals surface area (Å²) < 4.78 is 0. The molecule has 1 aliphatic rings. The number of halogens is 2. The van der Waals surface area contributed by atoms with Gasteiger partial charge in [0, 0.05) is 29.2 Å². The van der Waals surface area contributed by atoms with Gasteiger partial charge < -0.3 is 10.6 Å². The lowest BCUT2D eigenvalue weighted by Gasteiger charge is -2.16. The monoisotopic (exact) mass is 501 g/mol. The Kier molecular flexibility index (Phi) is 8.41. The van der Waals surface area contributed by atoms with Gasteiger partial charge in [-0.15, -0.1) is 24.0 Å². The molecule has 0 aliphatic heterocycles. The Morgan fingerprint density at radius 1 is 1.33 bits per heavy atom. The maximum absolute atomic E-state index is 6.16. The van der Waals surface area contributed by atoms with Gasteiger partial charge in [-0.1, -0.05) is 23.7 Å². The molecule has 7 heteroatoms. The van der Waals surface area contributed by atoms with E-state index >= 15 is 0 Å². The van der Waals surface area contributed by atoms with Gasteiger partial charge >= 0.3 is 0 Å². The zero-order valence-electron chi connectivity index (χ0n) is 16.0. The third kappa shape index (κ3) is 6.10. The van der Waals surface area contributed by atoms with Crippen LogP contribution in [0.5, 0.6) is 0 Å². The first-order valence-electron chi connectivity index (χ1n) is 9.40. The molecule has 5 nitrogen and oxygen atoms in total. The van der Waals surface area contributed by atoms with E-state index in [1.165, 1.54) is 24.0 Å². The van der Waals surface area contributed by atoms with Gasteiger partial charge in [0.2, 0.25) is 0 Å². The van der Waals surface area contributed by atoms with Gasteiger partial charge in [0.25, 0.3) is 0 Å². The Bertz CT molecular complexity index is 754. The van der Waals surface area contributed by atoms with Crippen molar-refractivity contribution in [3.8, 4) is 0 Å². The highest BCUT2D eigenvalue weighted by molar-refractivity contribution is 14.0. The van der Waals surface area contributed by atoms with Crippen molar-refractivity contribution in [2.75, 3.05) is 19.6 Å². The molecule has 3 N–H and O–H groups in total. The molecule has 148 valence electrons. The Hall–Kier alpha value is -1.28. The molecule has 0 radical (unpaired) electrons. The van der Waals surface area contributed by atoms with Crippen LogP contribution in [0.2, 0.25) is 5.02 Å². The number of H-pyrrole nitrogens is 1. The predicted molar refractivity (Wildman–Crippen MR) is 123 cm³/mol. The third-order valence-electron chi connectivity index (χ3n) is 5.02. The van der Waals surface area contributed by atoms with Crippen molar-refractivity contribution in [2.24, 2.45) is 4.99 Å². The maximum Gasteiger partial charge on any atom is 0.191 e. The van der Waals surface area contributed by atoms with E-state index in [0.717, 1.165) is 49.2 Å².